The Kier molecular flexibility index (Phi) is 3.10. The van der Waals surface area contributed by atoms with Gasteiger partial charge in [-0.2, -0.15) is 5.26 Å². The molecule has 0 atom stereocenters. The van der Waals surface area contributed by atoms with E-state index in [4.69, 9.17) is 5.26 Å². The molecule has 0 aromatic carbocycles. The molecule has 0 aliphatic carbocycles. The Hall–Kier alpha value is -1.83. The molecule has 0 aliphatic rings. The van der Waals surface area contributed by atoms with Crippen molar-refractivity contribution < 1.29 is 0 Å². The Balaban J connectivity index is 3.69. The molecule has 15 heavy (non-hydrogen) atoms. The topological polar surface area (TPSA) is 67.8 Å². The van der Waals surface area contributed by atoms with Gasteiger partial charge in [0.1, 0.15) is 11.6 Å². The minimum atomic E-state index is -0.512. The van der Waals surface area contributed by atoms with E-state index in [-0.39, 0.29) is 23.8 Å². The molecule has 1 aromatic rings. The summed E-state index contributed by atoms with van der Waals surface area (Å²) in [7, 11) is 0. The van der Waals surface area contributed by atoms with Gasteiger partial charge in [0.2, 0.25) is 0 Å². The third-order valence-electron chi connectivity index (χ3n) is 2.19. The van der Waals surface area contributed by atoms with Gasteiger partial charge in [-0.3, -0.25) is 13.9 Å². The molecule has 0 saturated heterocycles. The van der Waals surface area contributed by atoms with E-state index in [1.54, 1.807) is 13.0 Å². The zero-order valence-electron chi connectivity index (χ0n) is 9.02. The van der Waals surface area contributed by atoms with Crippen molar-refractivity contribution in [2.45, 2.75) is 33.4 Å². The molecule has 0 unspecified atom stereocenters. The fourth-order valence-corrected chi connectivity index (χ4v) is 1.35. The molecule has 0 N–H and O–H groups in total. The standard InChI is InChI=1S/C10H13N3O2/c1-4-12-9(14)8(5-11)6-13(7(2)3)10(12)15/h6-7H,4H2,1-3H3. The monoisotopic (exact) mass is 207 g/mol. The first-order valence-corrected chi connectivity index (χ1v) is 4.79. The minimum Gasteiger partial charge on any atom is -0.297 e. The summed E-state index contributed by atoms with van der Waals surface area (Å²) in [5.41, 5.74) is -0.872. The van der Waals surface area contributed by atoms with Crippen LogP contribution in [0, 0.1) is 11.3 Å². The molecule has 5 nitrogen and oxygen atoms in total. The van der Waals surface area contributed by atoms with Crippen molar-refractivity contribution in [2.24, 2.45) is 0 Å². The fourth-order valence-electron chi connectivity index (χ4n) is 1.35. The van der Waals surface area contributed by atoms with Crippen molar-refractivity contribution in [3.8, 4) is 6.07 Å². The largest absolute Gasteiger partial charge is 0.331 e. The van der Waals surface area contributed by atoms with Gasteiger partial charge in [0.15, 0.2) is 0 Å². The van der Waals surface area contributed by atoms with Crippen molar-refractivity contribution >= 4 is 0 Å². The quantitative estimate of drug-likeness (QED) is 0.708. The van der Waals surface area contributed by atoms with Crippen LogP contribution < -0.4 is 11.2 Å². The Bertz CT molecular complexity index is 517. The number of nitrogens with zero attached hydrogens (tertiary/aromatic N) is 3. The molecule has 5 heteroatoms. The average molecular weight is 207 g/mol. The van der Waals surface area contributed by atoms with Crippen molar-refractivity contribution in [3.63, 3.8) is 0 Å². The van der Waals surface area contributed by atoms with Crippen LogP contribution in [0.25, 0.3) is 0 Å². The molecule has 1 heterocycles. The molecule has 1 rings (SSSR count). The zero-order valence-corrected chi connectivity index (χ0v) is 9.02. The lowest BCUT2D eigenvalue weighted by molar-refractivity contribution is 0.514. The third-order valence-corrected chi connectivity index (χ3v) is 2.19. The lowest BCUT2D eigenvalue weighted by Crippen LogP contribution is -2.41. The highest BCUT2D eigenvalue weighted by atomic mass is 16.2. The van der Waals surface area contributed by atoms with E-state index >= 15 is 0 Å². The van der Waals surface area contributed by atoms with Gasteiger partial charge in [0.05, 0.1) is 0 Å². The first-order valence-electron chi connectivity index (χ1n) is 4.79. The molecular formula is C10H13N3O2. The second-order valence-electron chi connectivity index (χ2n) is 3.49. The van der Waals surface area contributed by atoms with Crippen molar-refractivity contribution in [3.05, 3.63) is 32.6 Å². The van der Waals surface area contributed by atoms with Crippen LogP contribution in [0.3, 0.4) is 0 Å². The van der Waals surface area contributed by atoms with Crippen LogP contribution in [0.15, 0.2) is 15.8 Å². The summed E-state index contributed by atoms with van der Waals surface area (Å²) in [6.45, 7) is 5.63. The predicted molar refractivity (Wildman–Crippen MR) is 55.7 cm³/mol. The van der Waals surface area contributed by atoms with Gasteiger partial charge >= 0.3 is 5.69 Å². The van der Waals surface area contributed by atoms with Crippen LogP contribution >= 0.6 is 0 Å². The fraction of sp³-hybridized carbons (Fsp3) is 0.500. The molecule has 0 spiro atoms. The first-order chi connectivity index (χ1) is 7.02. The lowest BCUT2D eigenvalue weighted by atomic mass is 10.3. The Morgan fingerprint density at radius 2 is 2.07 bits per heavy atom. The Morgan fingerprint density at radius 3 is 2.47 bits per heavy atom. The molecular weight excluding hydrogens is 194 g/mol. The van der Waals surface area contributed by atoms with E-state index in [1.807, 2.05) is 13.8 Å². The normalized spacial score (nSPS) is 10.3. The summed E-state index contributed by atoms with van der Waals surface area (Å²) in [5.74, 6) is 0. The number of hydrogen-bond donors (Lipinski definition) is 0. The molecule has 0 saturated carbocycles. The summed E-state index contributed by atoms with van der Waals surface area (Å²) >= 11 is 0. The highest BCUT2D eigenvalue weighted by molar-refractivity contribution is 5.22. The van der Waals surface area contributed by atoms with E-state index in [0.29, 0.717) is 0 Å². The van der Waals surface area contributed by atoms with E-state index in [9.17, 15) is 9.59 Å². The predicted octanol–water partition coefficient (Wildman–Crippen LogP) is 0.482. The number of aromatic nitrogens is 2. The van der Waals surface area contributed by atoms with Gasteiger partial charge in [0.25, 0.3) is 5.56 Å². The van der Waals surface area contributed by atoms with Crippen molar-refractivity contribution in [1.29, 1.82) is 5.26 Å². The molecule has 1 aromatic heterocycles. The van der Waals surface area contributed by atoms with Gasteiger partial charge in [-0.1, -0.05) is 0 Å². The molecule has 80 valence electrons. The summed E-state index contributed by atoms with van der Waals surface area (Å²) in [4.78, 5) is 23.3. The zero-order chi connectivity index (χ0) is 11.6. The van der Waals surface area contributed by atoms with E-state index < -0.39 is 5.56 Å². The molecule has 0 aliphatic heterocycles. The van der Waals surface area contributed by atoms with Crippen LogP contribution in [0.4, 0.5) is 0 Å². The molecule has 0 radical (unpaired) electrons. The van der Waals surface area contributed by atoms with Gasteiger partial charge in [-0.15, -0.1) is 0 Å². The van der Waals surface area contributed by atoms with E-state index in [1.165, 1.54) is 10.8 Å². The summed E-state index contributed by atoms with van der Waals surface area (Å²) in [5, 5.41) is 8.76. The lowest BCUT2D eigenvalue weighted by Gasteiger charge is -2.12. The van der Waals surface area contributed by atoms with Gasteiger partial charge in [0, 0.05) is 18.8 Å². The molecule has 0 bridgehead atoms. The van der Waals surface area contributed by atoms with Gasteiger partial charge < -0.3 is 0 Å². The first kappa shape index (κ1) is 11.2. The smallest absolute Gasteiger partial charge is 0.297 e. The van der Waals surface area contributed by atoms with Crippen LogP contribution in [0.2, 0.25) is 0 Å². The van der Waals surface area contributed by atoms with E-state index in [2.05, 4.69) is 0 Å². The third kappa shape index (κ3) is 1.84. The summed E-state index contributed by atoms with van der Waals surface area (Å²) in [6, 6.07) is 1.73. The number of rotatable bonds is 2. The van der Waals surface area contributed by atoms with E-state index in [0.717, 1.165) is 4.57 Å². The second-order valence-corrected chi connectivity index (χ2v) is 3.49. The maximum atomic E-state index is 11.7. The highest BCUT2D eigenvalue weighted by Crippen LogP contribution is 1.99. The maximum absolute atomic E-state index is 11.7. The number of hydrogen-bond acceptors (Lipinski definition) is 3. The Labute approximate surface area is 87.2 Å². The van der Waals surface area contributed by atoms with Crippen molar-refractivity contribution in [2.75, 3.05) is 0 Å². The summed E-state index contributed by atoms with van der Waals surface area (Å²) in [6.07, 6.45) is 1.32. The Morgan fingerprint density at radius 1 is 1.47 bits per heavy atom. The molecule has 0 fully saturated rings. The maximum Gasteiger partial charge on any atom is 0.331 e. The van der Waals surface area contributed by atoms with Crippen LogP contribution in [0.5, 0.6) is 0 Å². The second kappa shape index (κ2) is 4.13. The number of nitriles is 1. The minimum absolute atomic E-state index is 0.00477. The van der Waals surface area contributed by atoms with Crippen LogP contribution in [0.1, 0.15) is 32.4 Å². The highest BCUT2D eigenvalue weighted by Gasteiger charge is 2.11. The van der Waals surface area contributed by atoms with Crippen LogP contribution in [-0.4, -0.2) is 9.13 Å². The molecule has 0 amide bonds. The van der Waals surface area contributed by atoms with Gasteiger partial charge in [-0.25, -0.2) is 4.79 Å². The van der Waals surface area contributed by atoms with Crippen LogP contribution in [-0.2, 0) is 6.54 Å². The van der Waals surface area contributed by atoms with Gasteiger partial charge in [-0.05, 0) is 20.8 Å². The average Bonchev–Trinajstić information content (AvgIpc) is 2.18. The van der Waals surface area contributed by atoms with Crippen molar-refractivity contribution in [1.82, 2.24) is 9.13 Å². The SMILES string of the molecule is CCn1c(=O)c(C#N)cn(C(C)C)c1=O. The summed E-state index contributed by atoms with van der Waals surface area (Å²) < 4.78 is 2.46.